The van der Waals surface area contributed by atoms with E-state index in [0.29, 0.717) is 10.2 Å². The monoisotopic (exact) mass is 341 g/mol. The van der Waals surface area contributed by atoms with Gasteiger partial charge in [0.2, 0.25) is 0 Å². The molecule has 0 saturated carbocycles. The third-order valence-electron chi connectivity index (χ3n) is 2.83. The molecule has 2 atom stereocenters. The van der Waals surface area contributed by atoms with E-state index < -0.39 is 6.10 Å². The minimum Gasteiger partial charge on any atom is -0.484 e. The van der Waals surface area contributed by atoms with Gasteiger partial charge in [0.05, 0.1) is 4.47 Å². The summed E-state index contributed by atoms with van der Waals surface area (Å²) in [5.41, 5.74) is 6.68. The minimum atomic E-state index is -0.437. The van der Waals surface area contributed by atoms with Crippen LogP contribution in [0.25, 0.3) is 0 Å². The summed E-state index contributed by atoms with van der Waals surface area (Å²) < 4.78 is 32.3. The molecule has 0 heterocycles. The van der Waals surface area contributed by atoms with Gasteiger partial charge in [0.15, 0.2) is 0 Å². The first-order valence-electron chi connectivity index (χ1n) is 6.10. The fourth-order valence-corrected chi connectivity index (χ4v) is 2.19. The second-order valence-corrected chi connectivity index (χ2v) is 5.38. The Balaban J connectivity index is 2.25. The maximum absolute atomic E-state index is 13.2. The summed E-state index contributed by atoms with van der Waals surface area (Å²) in [6, 6.07) is 10.0. The van der Waals surface area contributed by atoms with Crippen LogP contribution in [-0.2, 0) is 0 Å². The first kappa shape index (κ1) is 14.9. The first-order chi connectivity index (χ1) is 9.47. The van der Waals surface area contributed by atoms with Crippen molar-refractivity contribution >= 4 is 15.9 Å². The molecule has 2 nitrogen and oxygen atoms in total. The summed E-state index contributed by atoms with van der Waals surface area (Å²) in [4.78, 5) is 0. The molecule has 2 rings (SSSR count). The molecule has 0 amide bonds. The quantitative estimate of drug-likeness (QED) is 0.904. The molecule has 106 valence electrons. The van der Waals surface area contributed by atoms with E-state index in [2.05, 4.69) is 15.9 Å². The fraction of sp³-hybridized carbons (Fsp3) is 0.200. The molecule has 0 aliphatic rings. The molecule has 2 unspecified atom stereocenters. The lowest BCUT2D eigenvalue weighted by atomic mass is 10.0. The predicted molar refractivity (Wildman–Crippen MR) is 77.5 cm³/mol. The Morgan fingerprint density at radius 3 is 2.30 bits per heavy atom. The van der Waals surface area contributed by atoms with Crippen molar-refractivity contribution in [3.63, 3.8) is 0 Å². The van der Waals surface area contributed by atoms with Crippen LogP contribution in [-0.4, -0.2) is 6.04 Å². The molecule has 0 fully saturated rings. The van der Waals surface area contributed by atoms with Gasteiger partial charge in [-0.05, 0) is 58.7 Å². The topological polar surface area (TPSA) is 35.2 Å². The van der Waals surface area contributed by atoms with Crippen molar-refractivity contribution in [1.82, 2.24) is 0 Å². The smallest absolute Gasteiger partial charge is 0.138 e. The van der Waals surface area contributed by atoms with Crippen molar-refractivity contribution in [3.8, 4) is 5.75 Å². The molecule has 0 bridgehead atoms. The highest BCUT2D eigenvalue weighted by atomic mass is 79.9. The van der Waals surface area contributed by atoms with Gasteiger partial charge >= 0.3 is 0 Å². The van der Waals surface area contributed by atoms with Crippen LogP contribution in [0.4, 0.5) is 8.78 Å². The van der Waals surface area contributed by atoms with Crippen molar-refractivity contribution in [3.05, 3.63) is 64.1 Å². The van der Waals surface area contributed by atoms with Crippen molar-refractivity contribution in [2.75, 3.05) is 0 Å². The molecule has 0 aromatic heterocycles. The van der Waals surface area contributed by atoms with Gasteiger partial charge < -0.3 is 10.5 Å². The van der Waals surface area contributed by atoms with Crippen LogP contribution in [0, 0.1) is 11.6 Å². The van der Waals surface area contributed by atoms with Gasteiger partial charge in [-0.3, -0.25) is 0 Å². The molecular formula is C15H14BrF2NO. The Morgan fingerprint density at radius 1 is 1.10 bits per heavy atom. The van der Waals surface area contributed by atoms with Crippen molar-refractivity contribution in [2.24, 2.45) is 5.73 Å². The molecule has 0 radical (unpaired) electrons. The van der Waals surface area contributed by atoms with Gasteiger partial charge in [0.1, 0.15) is 23.5 Å². The van der Waals surface area contributed by atoms with Crippen molar-refractivity contribution in [1.29, 1.82) is 0 Å². The van der Waals surface area contributed by atoms with E-state index in [-0.39, 0.29) is 17.7 Å². The standard InChI is InChI=1S/C15H14BrF2NO/c1-9(19)15(10-2-4-11(17)5-3-10)20-12-6-7-14(18)13(16)8-12/h2-9,15H,19H2,1H3. The minimum absolute atomic E-state index is 0.302. The summed E-state index contributed by atoms with van der Waals surface area (Å²) in [6.45, 7) is 1.80. The van der Waals surface area contributed by atoms with E-state index in [1.165, 1.54) is 30.3 Å². The number of hydrogen-bond acceptors (Lipinski definition) is 2. The second-order valence-electron chi connectivity index (χ2n) is 4.53. The molecule has 0 aliphatic carbocycles. The van der Waals surface area contributed by atoms with Crippen LogP contribution in [0.3, 0.4) is 0 Å². The summed E-state index contributed by atoms with van der Waals surface area (Å²) in [5, 5.41) is 0. The number of benzene rings is 2. The second kappa shape index (κ2) is 6.33. The normalized spacial score (nSPS) is 13.8. The molecule has 0 aliphatic heterocycles. The molecule has 5 heteroatoms. The van der Waals surface area contributed by atoms with Crippen LogP contribution in [0.2, 0.25) is 0 Å². The summed E-state index contributed by atoms with van der Waals surface area (Å²) in [5.74, 6) is -0.192. The summed E-state index contributed by atoms with van der Waals surface area (Å²) >= 11 is 3.10. The zero-order valence-electron chi connectivity index (χ0n) is 10.8. The van der Waals surface area contributed by atoms with Crippen LogP contribution in [0.5, 0.6) is 5.75 Å². The van der Waals surface area contributed by atoms with Gasteiger partial charge in [-0.15, -0.1) is 0 Å². The van der Waals surface area contributed by atoms with Gasteiger partial charge in [-0.1, -0.05) is 12.1 Å². The molecule has 2 N–H and O–H groups in total. The first-order valence-corrected chi connectivity index (χ1v) is 6.89. The third-order valence-corrected chi connectivity index (χ3v) is 3.44. The lowest BCUT2D eigenvalue weighted by Crippen LogP contribution is -2.29. The Labute approximate surface area is 124 Å². The number of nitrogens with two attached hydrogens (primary N) is 1. The zero-order valence-corrected chi connectivity index (χ0v) is 12.4. The van der Waals surface area contributed by atoms with E-state index >= 15 is 0 Å². The lowest BCUT2D eigenvalue weighted by Gasteiger charge is -2.23. The van der Waals surface area contributed by atoms with Crippen LogP contribution in [0.15, 0.2) is 46.9 Å². The number of hydrogen-bond donors (Lipinski definition) is 1. The van der Waals surface area contributed by atoms with Gasteiger partial charge in [0.25, 0.3) is 0 Å². The van der Waals surface area contributed by atoms with E-state index in [1.54, 1.807) is 19.1 Å². The zero-order chi connectivity index (χ0) is 14.7. The maximum Gasteiger partial charge on any atom is 0.138 e. The van der Waals surface area contributed by atoms with Crippen LogP contribution in [0.1, 0.15) is 18.6 Å². The summed E-state index contributed by atoms with van der Waals surface area (Å²) in [7, 11) is 0. The molecule has 2 aromatic carbocycles. The van der Waals surface area contributed by atoms with Crippen LogP contribution >= 0.6 is 15.9 Å². The average Bonchev–Trinajstić information content (AvgIpc) is 2.41. The van der Waals surface area contributed by atoms with Crippen LogP contribution < -0.4 is 10.5 Å². The Hall–Kier alpha value is -1.46. The van der Waals surface area contributed by atoms with E-state index in [0.717, 1.165) is 5.56 Å². The highest BCUT2D eigenvalue weighted by Crippen LogP contribution is 2.28. The summed E-state index contributed by atoms with van der Waals surface area (Å²) in [6.07, 6.45) is -0.437. The highest BCUT2D eigenvalue weighted by molar-refractivity contribution is 9.10. The largest absolute Gasteiger partial charge is 0.484 e. The number of rotatable bonds is 4. The van der Waals surface area contributed by atoms with Gasteiger partial charge in [-0.25, -0.2) is 8.78 Å². The van der Waals surface area contributed by atoms with E-state index in [9.17, 15) is 8.78 Å². The molecule has 20 heavy (non-hydrogen) atoms. The maximum atomic E-state index is 13.2. The Bertz CT molecular complexity index is 587. The van der Waals surface area contributed by atoms with Crippen molar-refractivity contribution in [2.45, 2.75) is 19.1 Å². The van der Waals surface area contributed by atoms with Crippen molar-refractivity contribution < 1.29 is 13.5 Å². The number of halogens is 3. The Morgan fingerprint density at radius 2 is 1.75 bits per heavy atom. The number of ether oxygens (including phenoxy) is 1. The highest BCUT2D eigenvalue weighted by Gasteiger charge is 2.18. The molecule has 0 spiro atoms. The third kappa shape index (κ3) is 3.55. The SMILES string of the molecule is CC(N)C(Oc1ccc(F)c(Br)c1)c1ccc(F)cc1. The molecule has 2 aromatic rings. The fourth-order valence-electron chi connectivity index (χ4n) is 1.83. The van der Waals surface area contributed by atoms with Gasteiger partial charge in [0, 0.05) is 6.04 Å². The van der Waals surface area contributed by atoms with E-state index in [1.807, 2.05) is 0 Å². The lowest BCUT2D eigenvalue weighted by molar-refractivity contribution is 0.180. The predicted octanol–water partition coefficient (Wildman–Crippen LogP) is 4.19. The average molecular weight is 342 g/mol. The molecule has 0 saturated heterocycles. The Kier molecular flexibility index (Phi) is 4.73. The van der Waals surface area contributed by atoms with E-state index in [4.69, 9.17) is 10.5 Å². The molecular weight excluding hydrogens is 328 g/mol. The van der Waals surface area contributed by atoms with Gasteiger partial charge in [-0.2, -0.15) is 0 Å².